The molecule has 3 rings (SSSR count). The Balaban J connectivity index is 1.73. The summed E-state index contributed by atoms with van der Waals surface area (Å²) < 4.78 is 32.0. The summed E-state index contributed by atoms with van der Waals surface area (Å²) in [5, 5.41) is 1.55. The maximum Gasteiger partial charge on any atom is 0.350 e. The highest BCUT2D eigenvalue weighted by atomic mass is 32.2. The van der Waals surface area contributed by atoms with Crippen LogP contribution in [-0.4, -0.2) is 44.2 Å². The molecule has 0 unspecified atom stereocenters. The van der Waals surface area contributed by atoms with Crippen molar-refractivity contribution in [2.45, 2.75) is 31.6 Å². The molecule has 1 aromatic heterocycles. The summed E-state index contributed by atoms with van der Waals surface area (Å²) >= 11 is 1.00. The minimum absolute atomic E-state index is 0.00987. The van der Waals surface area contributed by atoms with E-state index in [1.165, 1.54) is 10.4 Å². The molecule has 0 aliphatic carbocycles. The lowest BCUT2D eigenvalue weighted by Gasteiger charge is -2.15. The third kappa shape index (κ3) is 4.12. The Bertz CT molecular complexity index is 972. The molecule has 27 heavy (non-hydrogen) atoms. The largest absolute Gasteiger partial charge is 0.453 e. The first-order valence-electron chi connectivity index (χ1n) is 8.66. The number of rotatable bonds is 6. The molecule has 1 saturated heterocycles. The van der Waals surface area contributed by atoms with Crippen LogP contribution >= 0.6 is 11.3 Å². The zero-order chi connectivity index (χ0) is 19.6. The molecule has 1 fully saturated rings. The molecule has 1 aromatic carbocycles. The number of carbonyl (C=O) groups excluding carboxylic acids is 2. The minimum atomic E-state index is -3.72. The minimum Gasteiger partial charge on any atom is -0.453 e. The molecule has 0 amide bonds. The van der Waals surface area contributed by atoms with Crippen molar-refractivity contribution in [3.8, 4) is 0 Å². The maximum atomic E-state index is 12.7. The Kier molecular flexibility index (Phi) is 5.78. The maximum absolute atomic E-state index is 12.7. The fraction of sp³-hybridized carbons (Fsp3) is 0.368. The van der Waals surface area contributed by atoms with E-state index >= 15 is 0 Å². The number of esters is 1. The van der Waals surface area contributed by atoms with Crippen LogP contribution in [0.1, 0.15) is 44.0 Å². The molecule has 0 spiro atoms. The first-order valence-corrected chi connectivity index (χ1v) is 11.0. The lowest BCUT2D eigenvalue weighted by atomic mass is 10.0. The van der Waals surface area contributed by atoms with Gasteiger partial charge in [-0.15, -0.1) is 11.3 Å². The van der Waals surface area contributed by atoms with Gasteiger partial charge in [-0.25, -0.2) is 13.2 Å². The topological polar surface area (TPSA) is 80.8 Å². The van der Waals surface area contributed by atoms with E-state index in [2.05, 4.69) is 0 Å². The van der Waals surface area contributed by atoms with E-state index in [0.29, 0.717) is 18.7 Å². The molecule has 144 valence electrons. The SMILES string of the molecule is Cc1ccc(C)c(C(=O)COC(=O)c2sccc2S(=O)(=O)N2CCCC2)c1. The van der Waals surface area contributed by atoms with E-state index < -0.39 is 22.6 Å². The van der Waals surface area contributed by atoms with Crippen LogP contribution in [0, 0.1) is 13.8 Å². The van der Waals surface area contributed by atoms with E-state index in [4.69, 9.17) is 4.74 Å². The Labute approximate surface area is 162 Å². The van der Waals surface area contributed by atoms with Crippen molar-refractivity contribution in [2.24, 2.45) is 0 Å². The molecule has 0 saturated carbocycles. The highest BCUT2D eigenvalue weighted by Gasteiger charge is 2.32. The van der Waals surface area contributed by atoms with Crippen molar-refractivity contribution in [1.82, 2.24) is 4.31 Å². The number of carbonyl (C=O) groups is 2. The number of thiophene rings is 1. The van der Waals surface area contributed by atoms with Crippen LogP contribution in [-0.2, 0) is 14.8 Å². The molecular weight excluding hydrogens is 386 g/mol. The molecule has 0 atom stereocenters. The molecule has 1 aliphatic rings. The van der Waals surface area contributed by atoms with E-state index in [1.807, 2.05) is 26.0 Å². The van der Waals surface area contributed by atoms with Gasteiger partial charge in [-0.2, -0.15) is 4.31 Å². The number of ketones is 1. The summed E-state index contributed by atoms with van der Waals surface area (Å²) in [5.74, 6) is -1.11. The van der Waals surface area contributed by atoms with E-state index in [0.717, 1.165) is 35.3 Å². The molecule has 0 N–H and O–H groups in total. The Morgan fingerprint density at radius 1 is 1.15 bits per heavy atom. The van der Waals surface area contributed by atoms with Crippen LogP contribution in [0.5, 0.6) is 0 Å². The molecule has 1 aliphatic heterocycles. The van der Waals surface area contributed by atoms with Crippen molar-refractivity contribution < 1.29 is 22.7 Å². The van der Waals surface area contributed by atoms with Gasteiger partial charge in [-0.3, -0.25) is 4.79 Å². The van der Waals surface area contributed by atoms with Crippen molar-refractivity contribution >= 4 is 33.1 Å². The van der Waals surface area contributed by atoms with Crippen molar-refractivity contribution in [3.05, 3.63) is 51.2 Å². The van der Waals surface area contributed by atoms with Gasteiger partial charge in [0, 0.05) is 18.7 Å². The lowest BCUT2D eigenvalue weighted by Crippen LogP contribution is -2.29. The number of nitrogens with zero attached hydrogens (tertiary/aromatic N) is 1. The van der Waals surface area contributed by atoms with Crippen LogP contribution in [0.15, 0.2) is 34.5 Å². The van der Waals surface area contributed by atoms with Crippen LogP contribution < -0.4 is 0 Å². The Morgan fingerprint density at radius 3 is 2.56 bits per heavy atom. The molecule has 2 heterocycles. The highest BCUT2D eigenvalue weighted by molar-refractivity contribution is 7.89. The van der Waals surface area contributed by atoms with E-state index in [9.17, 15) is 18.0 Å². The number of benzene rings is 1. The average molecular weight is 408 g/mol. The van der Waals surface area contributed by atoms with Crippen LogP contribution in [0.2, 0.25) is 0 Å². The van der Waals surface area contributed by atoms with Crippen molar-refractivity contribution in [3.63, 3.8) is 0 Å². The molecule has 6 nitrogen and oxygen atoms in total. The predicted molar refractivity (Wildman–Crippen MR) is 103 cm³/mol. The Hall–Kier alpha value is -2.03. The molecule has 0 radical (unpaired) electrons. The van der Waals surface area contributed by atoms with E-state index in [-0.39, 0.29) is 15.6 Å². The number of Topliss-reactive ketones (excluding diaryl/α,β-unsaturated/α-hetero) is 1. The smallest absolute Gasteiger partial charge is 0.350 e. The van der Waals surface area contributed by atoms with Gasteiger partial charge in [0.25, 0.3) is 0 Å². The normalized spacial score (nSPS) is 15.0. The van der Waals surface area contributed by atoms with Crippen molar-refractivity contribution in [1.29, 1.82) is 0 Å². The lowest BCUT2D eigenvalue weighted by molar-refractivity contribution is 0.0476. The number of sulfonamides is 1. The molecular formula is C19H21NO5S2. The second-order valence-electron chi connectivity index (χ2n) is 6.54. The summed E-state index contributed by atoms with van der Waals surface area (Å²) in [5.41, 5.74) is 2.24. The summed E-state index contributed by atoms with van der Waals surface area (Å²) in [7, 11) is -3.72. The fourth-order valence-electron chi connectivity index (χ4n) is 3.03. The van der Waals surface area contributed by atoms with E-state index in [1.54, 1.807) is 11.4 Å². The zero-order valence-electron chi connectivity index (χ0n) is 15.2. The summed E-state index contributed by atoms with van der Waals surface area (Å²) in [6.07, 6.45) is 1.63. The summed E-state index contributed by atoms with van der Waals surface area (Å²) in [6, 6.07) is 6.91. The predicted octanol–water partition coefficient (Wildman–Crippen LogP) is 3.19. The summed E-state index contributed by atoms with van der Waals surface area (Å²) in [6.45, 7) is 4.18. The van der Waals surface area contributed by atoms with Crippen LogP contribution in [0.25, 0.3) is 0 Å². The molecule has 8 heteroatoms. The fourth-order valence-corrected chi connectivity index (χ4v) is 5.83. The monoisotopic (exact) mass is 407 g/mol. The van der Waals surface area contributed by atoms with Gasteiger partial charge in [0.1, 0.15) is 9.77 Å². The third-order valence-corrected chi connectivity index (χ3v) is 7.49. The quantitative estimate of drug-likeness (QED) is 0.543. The average Bonchev–Trinajstić information content (AvgIpc) is 3.33. The third-order valence-electron chi connectivity index (χ3n) is 4.53. The van der Waals surface area contributed by atoms with Gasteiger partial charge in [-0.05, 0) is 49.8 Å². The standard InChI is InChI=1S/C19H21NO5S2/c1-13-5-6-14(2)15(11-13)16(21)12-25-19(22)18-17(7-10-26-18)27(23,24)20-8-3-4-9-20/h5-7,10-11H,3-4,8-9,12H2,1-2H3. The number of hydrogen-bond acceptors (Lipinski definition) is 6. The molecule has 0 bridgehead atoms. The van der Waals surface area contributed by atoms with Gasteiger partial charge >= 0.3 is 5.97 Å². The zero-order valence-corrected chi connectivity index (χ0v) is 16.9. The second kappa shape index (κ2) is 7.92. The first-order chi connectivity index (χ1) is 12.8. The second-order valence-corrected chi connectivity index (χ2v) is 9.37. The number of ether oxygens (including phenoxy) is 1. The van der Waals surface area contributed by atoms with Gasteiger partial charge < -0.3 is 4.74 Å². The van der Waals surface area contributed by atoms with Gasteiger partial charge in [0.15, 0.2) is 6.61 Å². The van der Waals surface area contributed by atoms with Crippen LogP contribution in [0.3, 0.4) is 0 Å². The first kappa shape index (κ1) is 19.7. The summed E-state index contributed by atoms with van der Waals surface area (Å²) in [4.78, 5) is 24.8. The van der Waals surface area contributed by atoms with Crippen LogP contribution in [0.4, 0.5) is 0 Å². The highest BCUT2D eigenvalue weighted by Crippen LogP contribution is 2.28. The van der Waals surface area contributed by atoms with Gasteiger partial charge in [-0.1, -0.05) is 17.7 Å². The number of aryl methyl sites for hydroxylation is 2. The molecule has 2 aromatic rings. The van der Waals surface area contributed by atoms with Gasteiger partial charge in [0.2, 0.25) is 15.8 Å². The van der Waals surface area contributed by atoms with Gasteiger partial charge in [0.05, 0.1) is 0 Å². The Morgan fingerprint density at radius 2 is 1.85 bits per heavy atom. The van der Waals surface area contributed by atoms with Crippen molar-refractivity contribution in [2.75, 3.05) is 19.7 Å². The number of hydrogen-bond donors (Lipinski definition) is 0.